The topological polar surface area (TPSA) is 64.1 Å². The minimum Gasteiger partial charge on any atom is -0.487 e. The fourth-order valence-electron chi connectivity index (χ4n) is 3.49. The molecule has 158 valence electrons. The third-order valence-electron chi connectivity index (χ3n) is 5.03. The Kier molecular flexibility index (Phi) is 5.75. The zero-order chi connectivity index (χ0) is 22.0. The van der Waals surface area contributed by atoms with E-state index in [2.05, 4.69) is 15.3 Å². The average molecular weight is 421 g/mol. The summed E-state index contributed by atoms with van der Waals surface area (Å²) in [5.41, 5.74) is 4.78. The van der Waals surface area contributed by atoms with Gasteiger partial charge < -0.3 is 10.1 Å². The van der Waals surface area contributed by atoms with Gasteiger partial charge >= 0.3 is 0 Å². The second-order valence-electron chi connectivity index (χ2n) is 7.44. The first-order valence-corrected chi connectivity index (χ1v) is 9.91. The van der Waals surface area contributed by atoms with Crippen LogP contribution in [0.1, 0.15) is 22.5 Å². The SMILES string of the molecule is Cc1cnc(C)c(-c2cccc3c2OC(CNC(=O)/C=C/c2ccc(F)c(F)c2)C3)n1. The second kappa shape index (κ2) is 8.63. The molecule has 0 bridgehead atoms. The largest absolute Gasteiger partial charge is 0.487 e. The Morgan fingerprint density at radius 3 is 2.87 bits per heavy atom. The van der Waals surface area contributed by atoms with Gasteiger partial charge in [-0.3, -0.25) is 9.78 Å². The van der Waals surface area contributed by atoms with Crippen LogP contribution in [0.25, 0.3) is 17.3 Å². The van der Waals surface area contributed by atoms with Crippen molar-refractivity contribution < 1.29 is 18.3 Å². The fraction of sp³-hybridized carbons (Fsp3) is 0.208. The molecule has 0 saturated carbocycles. The molecule has 1 atom stereocenters. The van der Waals surface area contributed by atoms with Gasteiger partial charge in [0.15, 0.2) is 11.6 Å². The van der Waals surface area contributed by atoms with Gasteiger partial charge in [0.25, 0.3) is 0 Å². The Balaban J connectivity index is 1.41. The van der Waals surface area contributed by atoms with E-state index in [0.717, 1.165) is 46.1 Å². The number of nitrogens with zero attached hydrogens (tertiary/aromatic N) is 2. The predicted molar refractivity (Wildman–Crippen MR) is 113 cm³/mol. The van der Waals surface area contributed by atoms with E-state index in [1.165, 1.54) is 18.2 Å². The number of para-hydroxylation sites is 1. The second-order valence-corrected chi connectivity index (χ2v) is 7.44. The van der Waals surface area contributed by atoms with E-state index < -0.39 is 11.6 Å². The number of halogens is 2. The van der Waals surface area contributed by atoms with E-state index in [-0.39, 0.29) is 12.0 Å². The van der Waals surface area contributed by atoms with Gasteiger partial charge in [0, 0.05) is 24.3 Å². The molecule has 2 heterocycles. The third kappa shape index (κ3) is 4.60. The number of carbonyl (C=O) groups excluding carboxylic acids is 1. The summed E-state index contributed by atoms with van der Waals surface area (Å²) in [6.07, 6.45) is 4.89. The lowest BCUT2D eigenvalue weighted by Gasteiger charge is -2.13. The maximum atomic E-state index is 13.3. The minimum absolute atomic E-state index is 0.213. The first-order chi connectivity index (χ1) is 14.9. The van der Waals surface area contributed by atoms with E-state index in [1.807, 2.05) is 32.0 Å². The molecule has 1 aromatic heterocycles. The van der Waals surface area contributed by atoms with Crippen LogP contribution in [-0.4, -0.2) is 28.5 Å². The van der Waals surface area contributed by atoms with E-state index in [1.54, 1.807) is 6.20 Å². The van der Waals surface area contributed by atoms with Crippen molar-refractivity contribution in [1.82, 2.24) is 15.3 Å². The number of benzene rings is 2. The van der Waals surface area contributed by atoms with Crippen LogP contribution in [0.15, 0.2) is 48.7 Å². The van der Waals surface area contributed by atoms with Crippen molar-refractivity contribution in [3.63, 3.8) is 0 Å². The summed E-state index contributed by atoms with van der Waals surface area (Å²) >= 11 is 0. The summed E-state index contributed by atoms with van der Waals surface area (Å²) in [7, 11) is 0. The van der Waals surface area contributed by atoms with E-state index in [0.29, 0.717) is 18.5 Å². The molecule has 5 nitrogen and oxygen atoms in total. The van der Waals surface area contributed by atoms with Crippen molar-refractivity contribution in [2.45, 2.75) is 26.4 Å². The molecule has 2 aromatic carbocycles. The quantitative estimate of drug-likeness (QED) is 0.628. The Morgan fingerprint density at radius 1 is 1.23 bits per heavy atom. The Morgan fingerprint density at radius 2 is 2.06 bits per heavy atom. The molecule has 1 aliphatic heterocycles. The van der Waals surface area contributed by atoms with Gasteiger partial charge in [-0.05, 0) is 49.2 Å². The molecule has 1 aliphatic rings. The van der Waals surface area contributed by atoms with Crippen LogP contribution >= 0.6 is 0 Å². The first-order valence-electron chi connectivity index (χ1n) is 9.91. The van der Waals surface area contributed by atoms with E-state index in [9.17, 15) is 13.6 Å². The average Bonchev–Trinajstić information content (AvgIpc) is 3.18. The van der Waals surface area contributed by atoms with Crippen molar-refractivity contribution in [2.75, 3.05) is 6.54 Å². The summed E-state index contributed by atoms with van der Waals surface area (Å²) in [6, 6.07) is 9.38. The highest BCUT2D eigenvalue weighted by molar-refractivity contribution is 5.91. The molecule has 1 amide bonds. The number of carbonyl (C=O) groups is 1. The Bertz CT molecular complexity index is 1180. The standard InChI is InChI=1S/C24H21F2N3O2/c1-14-12-27-15(2)23(29-14)19-5-3-4-17-11-18(31-24(17)19)13-28-22(30)9-7-16-6-8-20(25)21(26)10-16/h3-10,12,18H,11,13H2,1-2H3,(H,28,30)/b9-7+. The predicted octanol–water partition coefficient (Wildman–Crippen LogP) is 4.17. The number of aromatic nitrogens is 2. The normalized spacial score (nSPS) is 15.0. The Labute approximate surface area is 178 Å². The number of aryl methyl sites for hydroxylation is 2. The van der Waals surface area contributed by atoms with Gasteiger partial charge in [-0.15, -0.1) is 0 Å². The molecule has 4 rings (SSSR count). The van der Waals surface area contributed by atoms with Gasteiger partial charge in [0.2, 0.25) is 5.91 Å². The summed E-state index contributed by atoms with van der Waals surface area (Å²) in [4.78, 5) is 21.1. The molecule has 3 aromatic rings. The van der Waals surface area contributed by atoms with Crippen LogP contribution in [0, 0.1) is 25.5 Å². The lowest BCUT2D eigenvalue weighted by Crippen LogP contribution is -2.33. The lowest BCUT2D eigenvalue weighted by atomic mass is 10.0. The first kappa shape index (κ1) is 20.7. The molecule has 0 spiro atoms. The highest BCUT2D eigenvalue weighted by Gasteiger charge is 2.27. The number of hydrogen-bond donors (Lipinski definition) is 1. The van der Waals surface area contributed by atoms with Crippen molar-refractivity contribution >= 4 is 12.0 Å². The molecule has 0 saturated heterocycles. The van der Waals surface area contributed by atoms with Gasteiger partial charge in [-0.1, -0.05) is 18.2 Å². The smallest absolute Gasteiger partial charge is 0.244 e. The van der Waals surface area contributed by atoms with Crippen molar-refractivity contribution in [3.8, 4) is 17.0 Å². The molecule has 0 radical (unpaired) electrons. The number of nitrogens with one attached hydrogen (secondary N) is 1. The summed E-state index contributed by atoms with van der Waals surface area (Å²) in [5, 5.41) is 2.79. The van der Waals surface area contributed by atoms with Crippen LogP contribution < -0.4 is 10.1 Å². The number of hydrogen-bond acceptors (Lipinski definition) is 4. The molecular formula is C24H21F2N3O2. The Hall–Kier alpha value is -3.61. The number of amides is 1. The summed E-state index contributed by atoms with van der Waals surface area (Å²) in [6.45, 7) is 4.12. The van der Waals surface area contributed by atoms with Crippen molar-refractivity contribution in [3.05, 3.63) is 82.8 Å². The number of ether oxygens (including phenoxy) is 1. The fourth-order valence-corrected chi connectivity index (χ4v) is 3.49. The highest BCUT2D eigenvalue weighted by Crippen LogP contribution is 2.38. The molecular weight excluding hydrogens is 400 g/mol. The van der Waals surface area contributed by atoms with Crippen molar-refractivity contribution in [1.29, 1.82) is 0 Å². The third-order valence-corrected chi connectivity index (χ3v) is 5.03. The molecule has 7 heteroatoms. The van der Waals surface area contributed by atoms with Crippen LogP contribution in [0.5, 0.6) is 5.75 Å². The zero-order valence-corrected chi connectivity index (χ0v) is 17.2. The van der Waals surface area contributed by atoms with E-state index >= 15 is 0 Å². The molecule has 1 unspecified atom stereocenters. The minimum atomic E-state index is -0.955. The van der Waals surface area contributed by atoms with Crippen molar-refractivity contribution in [2.24, 2.45) is 0 Å². The van der Waals surface area contributed by atoms with Gasteiger partial charge in [0.05, 0.1) is 23.6 Å². The lowest BCUT2D eigenvalue weighted by molar-refractivity contribution is -0.116. The summed E-state index contributed by atoms with van der Waals surface area (Å²) in [5.74, 6) is -1.46. The van der Waals surface area contributed by atoms with Crippen LogP contribution in [0.2, 0.25) is 0 Å². The van der Waals surface area contributed by atoms with E-state index in [4.69, 9.17) is 4.74 Å². The van der Waals surface area contributed by atoms with Gasteiger partial charge in [-0.2, -0.15) is 0 Å². The highest BCUT2D eigenvalue weighted by atomic mass is 19.2. The van der Waals surface area contributed by atoms with Gasteiger partial charge in [-0.25, -0.2) is 13.8 Å². The van der Waals surface area contributed by atoms with Crippen LogP contribution in [0.3, 0.4) is 0 Å². The molecule has 0 fully saturated rings. The maximum Gasteiger partial charge on any atom is 0.244 e. The summed E-state index contributed by atoms with van der Waals surface area (Å²) < 4.78 is 32.4. The van der Waals surface area contributed by atoms with Gasteiger partial charge in [0.1, 0.15) is 11.9 Å². The molecule has 1 N–H and O–H groups in total. The van der Waals surface area contributed by atoms with Crippen LogP contribution in [-0.2, 0) is 11.2 Å². The zero-order valence-electron chi connectivity index (χ0n) is 17.2. The molecule has 0 aliphatic carbocycles. The maximum absolute atomic E-state index is 13.3. The molecule has 31 heavy (non-hydrogen) atoms. The van der Waals surface area contributed by atoms with Crippen LogP contribution in [0.4, 0.5) is 8.78 Å². The monoisotopic (exact) mass is 421 g/mol. The number of rotatable bonds is 5. The number of fused-ring (bicyclic) bond motifs is 1.